The molecule has 1 aliphatic rings. The fourth-order valence-electron chi connectivity index (χ4n) is 3.02. The van der Waals surface area contributed by atoms with Gasteiger partial charge in [-0.3, -0.25) is 9.89 Å². The zero-order valence-electron chi connectivity index (χ0n) is 12.5. The summed E-state index contributed by atoms with van der Waals surface area (Å²) in [6.45, 7) is 6.17. The van der Waals surface area contributed by atoms with Crippen LogP contribution < -0.4 is 5.32 Å². The molecule has 1 fully saturated rings. The molecule has 0 spiro atoms. The molecular weight excluding hydrogens is 254 g/mol. The lowest BCUT2D eigenvalue weighted by Crippen LogP contribution is -2.37. The number of carbonyl (C=O) groups excluding carboxylic acids is 1. The molecule has 1 aromatic heterocycles. The van der Waals surface area contributed by atoms with Crippen LogP contribution >= 0.6 is 0 Å². The predicted molar refractivity (Wildman–Crippen MR) is 77.7 cm³/mol. The highest BCUT2D eigenvalue weighted by molar-refractivity contribution is 5.94. The predicted octanol–water partition coefficient (Wildman–Crippen LogP) is 2.43. The van der Waals surface area contributed by atoms with Gasteiger partial charge in [0, 0.05) is 25.5 Å². The molecule has 0 bridgehead atoms. The lowest BCUT2D eigenvalue weighted by molar-refractivity contribution is 0.0862. The van der Waals surface area contributed by atoms with Gasteiger partial charge in [-0.25, -0.2) is 0 Å². The standard InChI is InChI=1S/C15H25N3O2/c1-3-20-9-8-15(6-4-5-7-15)11-16-14(19)13-10-17-18-12(13)2/h10H,3-9,11H2,1-2H3,(H,16,19)(H,17,18). The van der Waals surface area contributed by atoms with Gasteiger partial charge >= 0.3 is 0 Å². The highest BCUT2D eigenvalue weighted by atomic mass is 16.5. The summed E-state index contributed by atoms with van der Waals surface area (Å²) in [5.74, 6) is -0.0288. The first-order valence-electron chi connectivity index (χ1n) is 7.53. The van der Waals surface area contributed by atoms with Crippen LogP contribution in [-0.2, 0) is 4.74 Å². The smallest absolute Gasteiger partial charge is 0.254 e. The zero-order valence-corrected chi connectivity index (χ0v) is 12.5. The first-order chi connectivity index (χ1) is 9.67. The van der Waals surface area contributed by atoms with Crippen LogP contribution in [0.3, 0.4) is 0 Å². The highest BCUT2D eigenvalue weighted by Gasteiger charge is 2.34. The first-order valence-corrected chi connectivity index (χ1v) is 7.53. The summed E-state index contributed by atoms with van der Waals surface area (Å²) in [6.07, 6.45) is 7.51. The Morgan fingerprint density at radius 2 is 2.25 bits per heavy atom. The lowest BCUT2D eigenvalue weighted by atomic mass is 9.83. The molecule has 1 amide bonds. The molecule has 1 heterocycles. The van der Waals surface area contributed by atoms with Crippen LogP contribution in [0.4, 0.5) is 0 Å². The summed E-state index contributed by atoms with van der Waals surface area (Å²) < 4.78 is 5.49. The molecule has 0 aromatic carbocycles. The van der Waals surface area contributed by atoms with Gasteiger partial charge in [0.05, 0.1) is 11.8 Å². The molecule has 0 unspecified atom stereocenters. The summed E-state index contributed by atoms with van der Waals surface area (Å²) in [4.78, 5) is 12.2. The van der Waals surface area contributed by atoms with E-state index >= 15 is 0 Å². The maximum atomic E-state index is 12.2. The number of nitrogens with zero attached hydrogens (tertiary/aromatic N) is 1. The monoisotopic (exact) mass is 279 g/mol. The Balaban J connectivity index is 1.89. The second-order valence-corrected chi connectivity index (χ2v) is 5.75. The van der Waals surface area contributed by atoms with Crippen molar-refractivity contribution in [2.24, 2.45) is 5.41 Å². The molecule has 1 saturated carbocycles. The van der Waals surface area contributed by atoms with Gasteiger partial charge in [-0.2, -0.15) is 5.10 Å². The Morgan fingerprint density at radius 3 is 2.85 bits per heavy atom. The number of hydrogen-bond donors (Lipinski definition) is 2. The van der Waals surface area contributed by atoms with Gasteiger partial charge in [-0.1, -0.05) is 12.8 Å². The summed E-state index contributed by atoms with van der Waals surface area (Å²) in [6, 6.07) is 0. The maximum absolute atomic E-state index is 12.2. The number of aryl methyl sites for hydroxylation is 1. The minimum atomic E-state index is -0.0288. The van der Waals surface area contributed by atoms with Crippen molar-refractivity contribution in [3.05, 3.63) is 17.5 Å². The van der Waals surface area contributed by atoms with Gasteiger partial charge in [0.2, 0.25) is 0 Å². The van der Waals surface area contributed by atoms with Crippen LogP contribution in [0.5, 0.6) is 0 Å². The van der Waals surface area contributed by atoms with E-state index in [1.54, 1.807) is 6.20 Å². The molecule has 0 aliphatic heterocycles. The van der Waals surface area contributed by atoms with E-state index in [1.165, 1.54) is 25.7 Å². The Hall–Kier alpha value is -1.36. The topological polar surface area (TPSA) is 67.0 Å². The molecule has 0 atom stereocenters. The lowest BCUT2D eigenvalue weighted by Gasteiger charge is -2.29. The third-order valence-corrected chi connectivity index (χ3v) is 4.34. The minimum Gasteiger partial charge on any atom is -0.382 e. The van der Waals surface area contributed by atoms with E-state index in [0.29, 0.717) is 5.56 Å². The number of H-pyrrole nitrogens is 1. The number of nitrogens with one attached hydrogen (secondary N) is 2. The molecule has 0 radical (unpaired) electrons. The van der Waals surface area contributed by atoms with Crippen molar-refractivity contribution in [3.63, 3.8) is 0 Å². The van der Waals surface area contributed by atoms with Crippen molar-refractivity contribution >= 4 is 5.91 Å². The van der Waals surface area contributed by atoms with Crippen molar-refractivity contribution in [2.75, 3.05) is 19.8 Å². The largest absolute Gasteiger partial charge is 0.382 e. The molecule has 2 rings (SSSR count). The van der Waals surface area contributed by atoms with Crippen LogP contribution in [0.1, 0.15) is 55.1 Å². The van der Waals surface area contributed by atoms with Crippen LogP contribution in [0, 0.1) is 12.3 Å². The summed E-state index contributed by atoms with van der Waals surface area (Å²) >= 11 is 0. The van der Waals surface area contributed by atoms with Crippen LogP contribution in [-0.4, -0.2) is 35.9 Å². The Morgan fingerprint density at radius 1 is 1.50 bits per heavy atom. The molecule has 0 saturated heterocycles. The number of rotatable bonds is 7. The average Bonchev–Trinajstić information content (AvgIpc) is 3.06. The molecule has 112 valence electrons. The Labute approximate surface area is 120 Å². The molecule has 5 nitrogen and oxygen atoms in total. The molecule has 2 N–H and O–H groups in total. The number of ether oxygens (including phenoxy) is 1. The van der Waals surface area contributed by atoms with Gasteiger partial charge in [-0.05, 0) is 38.5 Å². The second-order valence-electron chi connectivity index (χ2n) is 5.75. The van der Waals surface area contributed by atoms with E-state index in [0.717, 1.165) is 31.9 Å². The maximum Gasteiger partial charge on any atom is 0.254 e. The van der Waals surface area contributed by atoms with Crippen molar-refractivity contribution < 1.29 is 9.53 Å². The number of carbonyl (C=O) groups is 1. The number of hydrogen-bond acceptors (Lipinski definition) is 3. The van der Waals surface area contributed by atoms with Crippen molar-refractivity contribution in [1.29, 1.82) is 0 Å². The third kappa shape index (κ3) is 3.60. The van der Waals surface area contributed by atoms with E-state index < -0.39 is 0 Å². The molecule has 5 heteroatoms. The molecule has 20 heavy (non-hydrogen) atoms. The van der Waals surface area contributed by atoms with E-state index in [1.807, 2.05) is 13.8 Å². The fraction of sp³-hybridized carbons (Fsp3) is 0.733. The number of amides is 1. The van der Waals surface area contributed by atoms with Crippen LogP contribution in [0.25, 0.3) is 0 Å². The SMILES string of the molecule is CCOCCC1(CNC(=O)c2cn[nH]c2C)CCCC1. The summed E-state index contributed by atoms with van der Waals surface area (Å²) in [5, 5.41) is 9.77. The van der Waals surface area contributed by atoms with Gasteiger partial charge in [0.1, 0.15) is 0 Å². The quantitative estimate of drug-likeness (QED) is 0.753. The summed E-state index contributed by atoms with van der Waals surface area (Å²) in [7, 11) is 0. The highest BCUT2D eigenvalue weighted by Crippen LogP contribution is 2.40. The third-order valence-electron chi connectivity index (χ3n) is 4.34. The molecule has 1 aromatic rings. The van der Waals surface area contributed by atoms with E-state index in [2.05, 4.69) is 15.5 Å². The minimum absolute atomic E-state index is 0.0288. The van der Waals surface area contributed by atoms with Gasteiger partial charge in [0.25, 0.3) is 5.91 Å². The first kappa shape index (κ1) is 15.0. The number of aromatic amines is 1. The Kier molecular flexibility index (Phi) is 5.17. The fourth-order valence-corrected chi connectivity index (χ4v) is 3.02. The van der Waals surface area contributed by atoms with Gasteiger partial charge in [0.15, 0.2) is 0 Å². The molecular formula is C15H25N3O2. The van der Waals surface area contributed by atoms with E-state index in [9.17, 15) is 4.79 Å². The van der Waals surface area contributed by atoms with Crippen molar-refractivity contribution in [2.45, 2.75) is 46.0 Å². The van der Waals surface area contributed by atoms with Crippen LogP contribution in [0.2, 0.25) is 0 Å². The summed E-state index contributed by atoms with van der Waals surface area (Å²) in [5.41, 5.74) is 1.68. The van der Waals surface area contributed by atoms with E-state index in [4.69, 9.17) is 4.74 Å². The van der Waals surface area contributed by atoms with Gasteiger partial charge in [-0.15, -0.1) is 0 Å². The van der Waals surface area contributed by atoms with E-state index in [-0.39, 0.29) is 11.3 Å². The van der Waals surface area contributed by atoms with Crippen molar-refractivity contribution in [1.82, 2.24) is 15.5 Å². The van der Waals surface area contributed by atoms with Gasteiger partial charge < -0.3 is 10.1 Å². The average molecular weight is 279 g/mol. The van der Waals surface area contributed by atoms with Crippen LogP contribution in [0.15, 0.2) is 6.20 Å². The second kappa shape index (κ2) is 6.88. The zero-order chi connectivity index (χ0) is 14.4. The number of aromatic nitrogens is 2. The normalized spacial score (nSPS) is 17.3. The van der Waals surface area contributed by atoms with Crippen molar-refractivity contribution in [3.8, 4) is 0 Å². The molecule has 1 aliphatic carbocycles. The Bertz CT molecular complexity index is 436.